The highest BCUT2D eigenvalue weighted by molar-refractivity contribution is 7.07. The van der Waals surface area contributed by atoms with Crippen LogP contribution in [0.4, 0.5) is 11.4 Å². The molecule has 7 heteroatoms. The minimum Gasteiger partial charge on any atom is -0.463 e. The molecule has 6 nitrogen and oxygen atoms in total. The lowest BCUT2D eigenvalue weighted by Gasteiger charge is -2.08. The number of nitro groups is 1. The minimum atomic E-state index is -0.403. The van der Waals surface area contributed by atoms with E-state index < -0.39 is 4.92 Å². The normalized spacial score (nSPS) is 11.7. The standard InChI is InChI=1S/C22H19N3O3S/c26-25(27)19-12-5-4-11-18(19)23-22-24(14-6-10-17-8-2-1-3-9-17)20(16-29-22)21-13-7-15-28-21/h1-5,7-9,11-13,15-16H,6,10,14H2. The van der Waals surface area contributed by atoms with Crippen LogP contribution in [0.15, 0.2) is 87.8 Å². The third-order valence-electron chi connectivity index (χ3n) is 4.56. The first-order valence-electron chi connectivity index (χ1n) is 9.26. The zero-order chi connectivity index (χ0) is 20.1. The second-order valence-corrected chi connectivity index (χ2v) is 7.32. The average molecular weight is 405 g/mol. The summed E-state index contributed by atoms with van der Waals surface area (Å²) in [4.78, 5) is 16.3. The van der Waals surface area contributed by atoms with Gasteiger partial charge < -0.3 is 8.98 Å². The Morgan fingerprint density at radius 1 is 1.03 bits per heavy atom. The van der Waals surface area contributed by atoms with Crippen molar-refractivity contribution in [3.8, 4) is 11.5 Å². The summed E-state index contributed by atoms with van der Waals surface area (Å²) in [5, 5.41) is 13.3. The molecule has 0 amide bonds. The molecule has 0 fully saturated rings. The molecular formula is C22H19N3O3S. The maximum absolute atomic E-state index is 11.3. The molecule has 0 aliphatic rings. The Hall–Kier alpha value is -3.45. The van der Waals surface area contributed by atoms with Gasteiger partial charge in [-0.3, -0.25) is 10.1 Å². The number of nitro benzene ring substituents is 1. The van der Waals surface area contributed by atoms with E-state index in [1.807, 2.05) is 35.7 Å². The number of aromatic nitrogens is 1. The van der Waals surface area contributed by atoms with E-state index in [1.165, 1.54) is 23.0 Å². The molecule has 2 heterocycles. The van der Waals surface area contributed by atoms with Gasteiger partial charge in [-0.25, -0.2) is 4.99 Å². The molecule has 0 aliphatic carbocycles. The Morgan fingerprint density at radius 2 is 1.83 bits per heavy atom. The summed E-state index contributed by atoms with van der Waals surface area (Å²) >= 11 is 1.45. The van der Waals surface area contributed by atoms with Crippen molar-refractivity contribution < 1.29 is 9.34 Å². The van der Waals surface area contributed by atoms with Gasteiger partial charge in [0.2, 0.25) is 0 Å². The van der Waals surface area contributed by atoms with Gasteiger partial charge in [0.25, 0.3) is 5.69 Å². The van der Waals surface area contributed by atoms with Crippen LogP contribution in [0.2, 0.25) is 0 Å². The Labute approximate surface area is 171 Å². The van der Waals surface area contributed by atoms with Crippen LogP contribution in [-0.2, 0) is 13.0 Å². The van der Waals surface area contributed by atoms with Gasteiger partial charge in [-0.2, -0.15) is 0 Å². The topological polar surface area (TPSA) is 73.6 Å². The molecule has 29 heavy (non-hydrogen) atoms. The summed E-state index contributed by atoms with van der Waals surface area (Å²) < 4.78 is 7.66. The van der Waals surface area contributed by atoms with Gasteiger partial charge in [0.05, 0.1) is 16.9 Å². The fourth-order valence-electron chi connectivity index (χ4n) is 3.16. The average Bonchev–Trinajstić information content (AvgIpc) is 3.39. The van der Waals surface area contributed by atoms with Crippen molar-refractivity contribution in [1.82, 2.24) is 4.57 Å². The smallest absolute Gasteiger partial charge is 0.294 e. The molecule has 0 aliphatic heterocycles. The van der Waals surface area contributed by atoms with Crippen molar-refractivity contribution in [2.75, 3.05) is 0 Å². The van der Waals surface area contributed by atoms with Gasteiger partial charge in [0, 0.05) is 18.0 Å². The molecule has 0 atom stereocenters. The summed E-state index contributed by atoms with van der Waals surface area (Å²) in [6.45, 7) is 0.730. The van der Waals surface area contributed by atoms with Crippen molar-refractivity contribution in [1.29, 1.82) is 0 Å². The number of rotatable bonds is 7. The van der Waals surface area contributed by atoms with E-state index in [9.17, 15) is 10.1 Å². The summed E-state index contributed by atoms with van der Waals surface area (Å²) in [7, 11) is 0. The first-order chi connectivity index (χ1) is 14.2. The molecule has 0 spiro atoms. The molecule has 0 saturated heterocycles. The second-order valence-electron chi connectivity index (χ2n) is 6.48. The Balaban J connectivity index is 1.70. The van der Waals surface area contributed by atoms with Gasteiger partial charge in [0.1, 0.15) is 5.69 Å². The van der Waals surface area contributed by atoms with Crippen molar-refractivity contribution in [2.45, 2.75) is 19.4 Å². The van der Waals surface area contributed by atoms with Crippen LogP contribution in [0.1, 0.15) is 12.0 Å². The summed E-state index contributed by atoms with van der Waals surface area (Å²) in [5.74, 6) is 0.755. The molecule has 0 bridgehead atoms. The number of thiazole rings is 1. The minimum absolute atomic E-state index is 0.00344. The number of nitrogens with zero attached hydrogens (tertiary/aromatic N) is 3. The largest absolute Gasteiger partial charge is 0.463 e. The lowest BCUT2D eigenvalue weighted by molar-refractivity contribution is -0.384. The number of hydrogen-bond acceptors (Lipinski definition) is 5. The van der Waals surface area contributed by atoms with Crippen molar-refractivity contribution in [2.24, 2.45) is 4.99 Å². The van der Waals surface area contributed by atoms with Crippen molar-refractivity contribution >= 4 is 22.7 Å². The van der Waals surface area contributed by atoms with Gasteiger partial charge in [-0.1, -0.05) is 42.5 Å². The third-order valence-corrected chi connectivity index (χ3v) is 5.42. The molecule has 0 unspecified atom stereocenters. The third kappa shape index (κ3) is 4.35. The number of para-hydroxylation sites is 2. The fraction of sp³-hybridized carbons (Fsp3) is 0.136. The van der Waals surface area contributed by atoms with Gasteiger partial charge >= 0.3 is 0 Å². The zero-order valence-electron chi connectivity index (χ0n) is 15.6. The molecule has 146 valence electrons. The van der Waals surface area contributed by atoms with E-state index in [4.69, 9.17) is 4.42 Å². The van der Waals surface area contributed by atoms with Crippen LogP contribution < -0.4 is 4.80 Å². The molecule has 4 rings (SSSR count). The molecule has 0 saturated carbocycles. The molecular weight excluding hydrogens is 386 g/mol. The van der Waals surface area contributed by atoms with E-state index >= 15 is 0 Å². The quantitative estimate of drug-likeness (QED) is 0.297. The molecule has 0 radical (unpaired) electrons. The number of furan rings is 1. The summed E-state index contributed by atoms with van der Waals surface area (Å²) in [6, 6.07) is 20.6. The van der Waals surface area contributed by atoms with Crippen molar-refractivity contribution in [3.63, 3.8) is 0 Å². The van der Waals surface area contributed by atoms with Crippen molar-refractivity contribution in [3.05, 3.63) is 98.9 Å². The van der Waals surface area contributed by atoms with E-state index in [1.54, 1.807) is 24.5 Å². The highest BCUT2D eigenvalue weighted by Crippen LogP contribution is 2.27. The second kappa shape index (κ2) is 8.70. The maximum Gasteiger partial charge on any atom is 0.294 e. The van der Waals surface area contributed by atoms with Crippen LogP contribution in [0.25, 0.3) is 11.5 Å². The Bertz CT molecular complexity index is 1160. The van der Waals surface area contributed by atoms with E-state index in [0.29, 0.717) is 10.5 Å². The predicted molar refractivity (Wildman–Crippen MR) is 113 cm³/mol. The molecule has 2 aromatic carbocycles. The number of benzene rings is 2. The van der Waals surface area contributed by atoms with Crippen LogP contribution in [0.5, 0.6) is 0 Å². The maximum atomic E-state index is 11.3. The highest BCUT2D eigenvalue weighted by atomic mass is 32.1. The summed E-state index contributed by atoms with van der Waals surface area (Å²) in [6.07, 6.45) is 3.49. The number of hydrogen-bond donors (Lipinski definition) is 0. The van der Waals surface area contributed by atoms with Crippen LogP contribution in [0, 0.1) is 10.1 Å². The highest BCUT2D eigenvalue weighted by Gasteiger charge is 2.14. The van der Waals surface area contributed by atoms with E-state index in [-0.39, 0.29) is 5.69 Å². The summed E-state index contributed by atoms with van der Waals surface area (Å²) in [5.41, 5.74) is 2.55. The first kappa shape index (κ1) is 18.9. The van der Waals surface area contributed by atoms with Crippen LogP contribution in [0.3, 0.4) is 0 Å². The van der Waals surface area contributed by atoms with Crippen LogP contribution in [-0.4, -0.2) is 9.49 Å². The van der Waals surface area contributed by atoms with Gasteiger partial charge in [-0.05, 0) is 36.6 Å². The Kier molecular flexibility index (Phi) is 5.67. The monoisotopic (exact) mass is 405 g/mol. The fourth-order valence-corrected chi connectivity index (χ4v) is 4.09. The lowest BCUT2D eigenvalue weighted by atomic mass is 10.1. The van der Waals surface area contributed by atoms with E-state index in [2.05, 4.69) is 21.7 Å². The first-order valence-corrected chi connectivity index (χ1v) is 10.1. The van der Waals surface area contributed by atoms with E-state index in [0.717, 1.165) is 30.8 Å². The zero-order valence-corrected chi connectivity index (χ0v) is 16.4. The Morgan fingerprint density at radius 3 is 2.59 bits per heavy atom. The lowest BCUT2D eigenvalue weighted by Crippen LogP contribution is -2.16. The van der Waals surface area contributed by atoms with Gasteiger partial charge in [0.15, 0.2) is 10.6 Å². The molecule has 2 aromatic heterocycles. The SMILES string of the molecule is O=[N+]([O-])c1ccccc1N=c1scc(-c2ccco2)n1CCCc1ccccc1. The van der Waals surface area contributed by atoms with Crippen LogP contribution >= 0.6 is 11.3 Å². The number of aryl methyl sites for hydroxylation is 1. The predicted octanol–water partition coefficient (Wildman–Crippen LogP) is 5.58. The molecule has 0 N–H and O–H groups in total. The van der Waals surface area contributed by atoms with Gasteiger partial charge in [-0.15, -0.1) is 11.3 Å². The molecule has 4 aromatic rings.